The molecule has 100 valence electrons. The number of halogens is 1. The van der Waals surface area contributed by atoms with E-state index in [4.69, 9.17) is 16.3 Å². The molecule has 6 heteroatoms. The summed E-state index contributed by atoms with van der Waals surface area (Å²) in [5.41, 5.74) is -1.10. The fourth-order valence-electron chi connectivity index (χ4n) is 1.26. The number of aromatic nitrogens is 1. The van der Waals surface area contributed by atoms with Crippen molar-refractivity contribution in [2.24, 2.45) is 7.05 Å². The largest absolute Gasteiger partial charge is 0.427 e. The molecule has 0 radical (unpaired) electrons. The molecule has 1 aromatic rings. The quantitative estimate of drug-likeness (QED) is 0.815. The van der Waals surface area contributed by atoms with Gasteiger partial charge in [0.2, 0.25) is 0 Å². The van der Waals surface area contributed by atoms with E-state index in [2.05, 4.69) is 0 Å². The first-order valence-corrected chi connectivity index (χ1v) is 6.14. The van der Waals surface area contributed by atoms with Crippen LogP contribution in [0.3, 0.4) is 0 Å². The zero-order chi connectivity index (χ0) is 14.1. The minimum Gasteiger partial charge on any atom is -0.427 e. The highest BCUT2D eigenvalue weighted by Gasteiger charge is 2.35. The predicted molar refractivity (Wildman–Crippen MR) is 74.9 cm³/mol. The van der Waals surface area contributed by atoms with E-state index in [0.717, 1.165) is 5.46 Å². The molecule has 1 rings (SSSR count). The molecule has 1 heterocycles. The number of nitrogens with zero attached hydrogens (tertiary/aromatic N) is 1. The van der Waals surface area contributed by atoms with E-state index in [-0.39, 0.29) is 18.1 Å². The van der Waals surface area contributed by atoms with Gasteiger partial charge in [0.05, 0.1) is 11.2 Å². The summed E-state index contributed by atoms with van der Waals surface area (Å²) in [7, 11) is 1.92. The monoisotopic (exact) mass is 271 g/mol. The molecule has 0 atom stereocenters. The molecule has 0 fully saturated rings. The van der Waals surface area contributed by atoms with Gasteiger partial charge >= 0.3 is 7.48 Å². The van der Waals surface area contributed by atoms with Crippen molar-refractivity contribution in [2.45, 2.75) is 38.9 Å². The smallest absolute Gasteiger partial charge is 0.310 e. The number of hydrogen-bond acceptors (Lipinski definition) is 3. The first-order valence-electron chi connectivity index (χ1n) is 5.76. The highest BCUT2D eigenvalue weighted by atomic mass is 35.5. The molecule has 0 saturated carbocycles. The van der Waals surface area contributed by atoms with Gasteiger partial charge in [0.25, 0.3) is 5.56 Å². The molecule has 0 aliphatic rings. The first kappa shape index (κ1) is 15.3. The molecule has 1 aromatic heterocycles. The van der Waals surface area contributed by atoms with E-state index in [9.17, 15) is 9.90 Å². The normalized spacial score (nSPS) is 12.6. The first-order chi connectivity index (χ1) is 8.04. The number of hydrogen-bond donors (Lipinski definition) is 1. The zero-order valence-corrected chi connectivity index (χ0v) is 12.2. The van der Waals surface area contributed by atoms with Crippen LogP contribution in [0.1, 0.15) is 27.7 Å². The van der Waals surface area contributed by atoms with Crippen molar-refractivity contribution in [1.82, 2.24) is 4.57 Å². The molecule has 0 unspecified atom stereocenters. The van der Waals surface area contributed by atoms with Crippen molar-refractivity contribution >= 4 is 24.5 Å². The van der Waals surface area contributed by atoms with Gasteiger partial charge in [0.15, 0.2) is 0 Å². The second kappa shape index (κ2) is 5.07. The van der Waals surface area contributed by atoms with E-state index < -0.39 is 11.2 Å². The summed E-state index contributed by atoms with van der Waals surface area (Å²) in [6.07, 6.45) is 1.68. The van der Waals surface area contributed by atoms with Crippen LogP contribution in [0.2, 0.25) is 5.02 Å². The molecular weight excluding hydrogens is 252 g/mol. The Kier molecular flexibility index (Phi) is 4.31. The van der Waals surface area contributed by atoms with Crippen molar-refractivity contribution in [3.8, 4) is 0 Å². The summed E-state index contributed by atoms with van der Waals surface area (Å²) in [5, 5.41) is 10.1. The molecule has 0 spiro atoms. The van der Waals surface area contributed by atoms with Crippen molar-refractivity contribution in [2.75, 3.05) is 0 Å². The number of aliphatic hydroxyl groups is 1. The molecule has 0 bridgehead atoms. The minimum atomic E-state index is -0.961. The Labute approximate surface area is 113 Å². The highest BCUT2D eigenvalue weighted by Crippen LogP contribution is 2.24. The lowest BCUT2D eigenvalue weighted by Crippen LogP contribution is -2.49. The van der Waals surface area contributed by atoms with Crippen LogP contribution in [0.25, 0.3) is 0 Å². The summed E-state index contributed by atoms with van der Waals surface area (Å²) >= 11 is 5.82. The molecule has 0 aliphatic heterocycles. The maximum absolute atomic E-state index is 11.4. The molecule has 0 saturated heterocycles. The Balaban J connectivity index is 2.85. The van der Waals surface area contributed by atoms with Crippen molar-refractivity contribution < 1.29 is 9.76 Å². The molecular formula is C12H19BClNO3. The van der Waals surface area contributed by atoms with Gasteiger partial charge in [0, 0.05) is 13.2 Å². The lowest BCUT2D eigenvalue weighted by Gasteiger charge is -2.37. The molecule has 0 aromatic carbocycles. The summed E-state index contributed by atoms with van der Waals surface area (Å²) in [6, 6.07) is 1.59. The van der Waals surface area contributed by atoms with Gasteiger partial charge in [-0.15, -0.1) is 0 Å². The van der Waals surface area contributed by atoms with Gasteiger partial charge in [-0.05, 0) is 39.2 Å². The van der Waals surface area contributed by atoms with Gasteiger partial charge in [-0.3, -0.25) is 4.79 Å². The van der Waals surface area contributed by atoms with Gasteiger partial charge < -0.3 is 14.3 Å². The van der Waals surface area contributed by atoms with Crippen LogP contribution in [0.4, 0.5) is 0 Å². The second-order valence-corrected chi connectivity index (χ2v) is 5.88. The number of pyridine rings is 1. The van der Waals surface area contributed by atoms with Crippen LogP contribution < -0.4 is 11.0 Å². The van der Waals surface area contributed by atoms with Gasteiger partial charge in [-0.2, -0.15) is 0 Å². The molecule has 0 aliphatic carbocycles. The summed E-state index contributed by atoms with van der Waals surface area (Å²) in [6.45, 7) is 7.02. The third-order valence-corrected chi connectivity index (χ3v) is 3.54. The summed E-state index contributed by atoms with van der Waals surface area (Å²) in [4.78, 5) is 11.4. The Morgan fingerprint density at radius 2 is 1.94 bits per heavy atom. The number of rotatable bonds is 4. The van der Waals surface area contributed by atoms with E-state index in [1.807, 2.05) is 13.8 Å². The molecule has 4 nitrogen and oxygen atoms in total. The predicted octanol–water partition coefficient (Wildman–Crippen LogP) is 0.582. The third kappa shape index (κ3) is 3.37. The van der Waals surface area contributed by atoms with Gasteiger partial charge in [-0.1, -0.05) is 11.6 Å². The van der Waals surface area contributed by atoms with E-state index >= 15 is 0 Å². The maximum atomic E-state index is 11.4. The van der Waals surface area contributed by atoms with E-state index in [0.29, 0.717) is 0 Å². The lowest BCUT2D eigenvalue weighted by molar-refractivity contribution is -0.0893. The van der Waals surface area contributed by atoms with Crippen molar-refractivity contribution in [1.29, 1.82) is 0 Å². The van der Waals surface area contributed by atoms with Crippen molar-refractivity contribution in [3.05, 3.63) is 27.6 Å². The lowest BCUT2D eigenvalue weighted by atomic mass is 9.83. The highest BCUT2D eigenvalue weighted by molar-refractivity contribution is 6.47. The second-order valence-electron chi connectivity index (χ2n) is 5.47. The van der Waals surface area contributed by atoms with E-state index in [1.165, 1.54) is 4.57 Å². The SMILES string of the molecule is Cn1cc(BOC(C)(C)C(C)(C)O)cc(Cl)c1=O. The van der Waals surface area contributed by atoms with Crippen LogP contribution in [0, 0.1) is 0 Å². The standard InChI is InChI=1S/C12H19BClNO3/c1-11(2,17)12(3,4)18-13-8-6-9(14)10(16)15(5)7-8/h6-7,13,17H,1-5H3. The Morgan fingerprint density at radius 3 is 2.39 bits per heavy atom. The minimum absolute atomic E-state index is 0.166. The van der Waals surface area contributed by atoms with Crippen molar-refractivity contribution in [3.63, 3.8) is 0 Å². The van der Waals surface area contributed by atoms with Crippen LogP contribution in [0.5, 0.6) is 0 Å². The van der Waals surface area contributed by atoms with Crippen LogP contribution in [0.15, 0.2) is 17.1 Å². The Morgan fingerprint density at radius 1 is 1.39 bits per heavy atom. The zero-order valence-electron chi connectivity index (χ0n) is 11.5. The topological polar surface area (TPSA) is 51.5 Å². The van der Waals surface area contributed by atoms with Crippen LogP contribution in [-0.4, -0.2) is 28.4 Å². The third-order valence-electron chi connectivity index (χ3n) is 3.27. The number of aryl methyl sites for hydroxylation is 1. The fraction of sp³-hybridized carbons (Fsp3) is 0.583. The molecule has 18 heavy (non-hydrogen) atoms. The summed E-state index contributed by atoms with van der Waals surface area (Å²) < 4.78 is 7.12. The molecule has 0 amide bonds. The van der Waals surface area contributed by atoms with Gasteiger partial charge in [0.1, 0.15) is 5.02 Å². The summed E-state index contributed by atoms with van der Waals surface area (Å²) in [5.74, 6) is 0. The average Bonchev–Trinajstić information content (AvgIpc) is 2.21. The van der Waals surface area contributed by atoms with Crippen LogP contribution >= 0.6 is 11.6 Å². The average molecular weight is 272 g/mol. The Hall–Kier alpha value is -0.775. The maximum Gasteiger partial charge on any atom is 0.310 e. The Bertz CT molecular complexity index is 465. The van der Waals surface area contributed by atoms with Crippen LogP contribution in [-0.2, 0) is 11.7 Å². The molecule has 1 N–H and O–H groups in total. The van der Waals surface area contributed by atoms with E-state index in [1.54, 1.807) is 33.2 Å². The fourth-order valence-corrected chi connectivity index (χ4v) is 1.53. The van der Waals surface area contributed by atoms with Gasteiger partial charge in [-0.25, -0.2) is 0 Å².